The number of hydrogen-bond acceptors (Lipinski definition) is 4. The number of aliphatic hydroxyl groups is 1. The van der Waals surface area contributed by atoms with Gasteiger partial charge in [0, 0.05) is 11.6 Å². The molecule has 0 spiro atoms. The Kier molecular flexibility index (Phi) is 5.57. The number of urea groups is 1. The Labute approximate surface area is 137 Å². The fraction of sp³-hybridized carbons (Fsp3) is 0.286. The van der Waals surface area contributed by atoms with Crippen molar-refractivity contribution in [1.29, 1.82) is 0 Å². The van der Waals surface area contributed by atoms with Crippen LogP contribution < -0.4 is 15.4 Å². The van der Waals surface area contributed by atoms with E-state index in [9.17, 15) is 26.7 Å². The lowest BCUT2D eigenvalue weighted by Crippen LogP contribution is -2.42. The largest absolute Gasteiger partial charge is 0.432 e. The molecule has 2 aromatic rings. The Morgan fingerprint density at radius 1 is 1.28 bits per heavy atom. The van der Waals surface area contributed by atoms with Gasteiger partial charge in [0.15, 0.2) is 11.9 Å². The molecule has 0 radical (unpaired) electrons. The van der Waals surface area contributed by atoms with Crippen molar-refractivity contribution in [2.75, 3.05) is 11.9 Å². The van der Waals surface area contributed by atoms with E-state index in [-0.39, 0.29) is 22.3 Å². The summed E-state index contributed by atoms with van der Waals surface area (Å²) >= 11 is 0. The lowest BCUT2D eigenvalue weighted by Gasteiger charge is -2.16. The van der Waals surface area contributed by atoms with Crippen molar-refractivity contribution in [1.82, 2.24) is 10.3 Å². The van der Waals surface area contributed by atoms with E-state index in [4.69, 9.17) is 5.11 Å². The lowest BCUT2D eigenvalue weighted by molar-refractivity contribution is -0.201. The number of ether oxygens (including phenoxy) is 1. The molecule has 3 N–H and O–H groups in total. The van der Waals surface area contributed by atoms with Crippen molar-refractivity contribution in [3.8, 4) is 5.75 Å². The third-order valence-corrected chi connectivity index (χ3v) is 3.03. The average Bonchev–Trinajstić information content (AvgIpc) is 2.53. The number of carbonyl (C=O) groups is 1. The maximum absolute atomic E-state index is 12.4. The number of carbonyl (C=O) groups excluding carboxylic acids is 1. The standard InChI is InChI=1S/C14H12F5N3O3/c15-12(16)25-9-4-3-8(7-2-1-5-20-11(7)9)22-13(24)21-6-10(23)14(17,18)19/h1-5,10,12,23H,6H2,(H2,21,22,24). The van der Waals surface area contributed by atoms with Gasteiger partial charge in [-0.2, -0.15) is 22.0 Å². The van der Waals surface area contributed by atoms with Crippen LogP contribution in [-0.2, 0) is 0 Å². The van der Waals surface area contributed by atoms with Crippen LogP contribution in [0.1, 0.15) is 0 Å². The number of nitrogens with one attached hydrogen (secondary N) is 2. The van der Waals surface area contributed by atoms with Crippen LogP contribution in [0.25, 0.3) is 10.9 Å². The minimum absolute atomic E-state index is 0.0379. The van der Waals surface area contributed by atoms with Gasteiger partial charge in [-0.3, -0.25) is 4.98 Å². The van der Waals surface area contributed by atoms with Gasteiger partial charge in [0.05, 0.1) is 12.2 Å². The molecule has 1 aromatic carbocycles. The number of halogens is 5. The van der Waals surface area contributed by atoms with Crippen molar-refractivity contribution in [3.63, 3.8) is 0 Å². The zero-order chi connectivity index (χ0) is 18.6. The molecule has 0 bridgehead atoms. The van der Waals surface area contributed by atoms with E-state index in [2.05, 4.69) is 15.0 Å². The normalized spacial score (nSPS) is 12.9. The zero-order valence-corrected chi connectivity index (χ0v) is 12.3. The molecule has 1 heterocycles. The zero-order valence-electron chi connectivity index (χ0n) is 12.3. The predicted octanol–water partition coefficient (Wildman–Crippen LogP) is 2.88. The number of aromatic nitrogens is 1. The molecule has 0 saturated heterocycles. The molecule has 6 nitrogen and oxygen atoms in total. The molecule has 0 saturated carbocycles. The second kappa shape index (κ2) is 7.47. The second-order valence-corrected chi connectivity index (χ2v) is 4.78. The third kappa shape index (κ3) is 4.89. The van der Waals surface area contributed by atoms with E-state index >= 15 is 0 Å². The van der Waals surface area contributed by atoms with Gasteiger partial charge in [0.25, 0.3) is 0 Å². The molecule has 136 valence electrons. The van der Waals surface area contributed by atoms with Crippen molar-refractivity contribution in [3.05, 3.63) is 30.5 Å². The summed E-state index contributed by atoms with van der Waals surface area (Å²) in [6.07, 6.45) is -6.25. The van der Waals surface area contributed by atoms with Crippen molar-refractivity contribution >= 4 is 22.6 Å². The second-order valence-electron chi connectivity index (χ2n) is 4.78. The summed E-state index contributed by atoms with van der Waals surface area (Å²) < 4.78 is 65.6. The summed E-state index contributed by atoms with van der Waals surface area (Å²) in [6.45, 7) is -4.12. The maximum Gasteiger partial charge on any atom is 0.416 e. The Bertz CT molecular complexity index is 754. The number of anilines is 1. The topological polar surface area (TPSA) is 83.5 Å². The van der Waals surface area contributed by atoms with Crippen LogP contribution in [0.5, 0.6) is 5.75 Å². The first-order chi connectivity index (χ1) is 11.7. The number of alkyl halides is 5. The van der Waals surface area contributed by atoms with E-state index in [1.165, 1.54) is 24.4 Å². The molecule has 1 unspecified atom stereocenters. The Morgan fingerprint density at radius 3 is 2.64 bits per heavy atom. The summed E-state index contributed by atoms with van der Waals surface area (Å²) in [7, 11) is 0. The molecular formula is C14H12F5N3O3. The van der Waals surface area contributed by atoms with Crippen molar-refractivity contribution in [2.24, 2.45) is 0 Å². The average molecular weight is 365 g/mol. The number of benzene rings is 1. The van der Waals surface area contributed by atoms with E-state index in [0.717, 1.165) is 6.07 Å². The SMILES string of the molecule is O=C(NCC(O)C(F)(F)F)Nc1ccc(OC(F)F)c2ncccc12. The lowest BCUT2D eigenvalue weighted by atomic mass is 10.1. The first-order valence-electron chi connectivity index (χ1n) is 6.80. The summed E-state index contributed by atoms with van der Waals surface area (Å²) in [6, 6.07) is 4.30. The highest BCUT2D eigenvalue weighted by molar-refractivity contribution is 6.02. The van der Waals surface area contributed by atoms with Crippen LogP contribution in [0.2, 0.25) is 0 Å². The molecule has 11 heteroatoms. The summed E-state index contributed by atoms with van der Waals surface area (Å²) in [5.74, 6) is -0.218. The minimum atomic E-state index is -4.86. The maximum atomic E-state index is 12.4. The van der Waals surface area contributed by atoms with E-state index < -0.39 is 31.5 Å². The Hall–Kier alpha value is -2.69. The summed E-state index contributed by atoms with van der Waals surface area (Å²) in [4.78, 5) is 15.6. The Morgan fingerprint density at radius 2 is 2.00 bits per heavy atom. The van der Waals surface area contributed by atoms with Gasteiger partial charge in [-0.05, 0) is 24.3 Å². The van der Waals surface area contributed by atoms with Crippen LogP contribution in [0.4, 0.5) is 32.4 Å². The van der Waals surface area contributed by atoms with Gasteiger partial charge < -0.3 is 20.5 Å². The number of fused-ring (bicyclic) bond motifs is 1. The van der Waals surface area contributed by atoms with E-state index in [0.29, 0.717) is 0 Å². The molecule has 0 aliphatic carbocycles. The smallest absolute Gasteiger partial charge is 0.416 e. The fourth-order valence-corrected chi connectivity index (χ4v) is 1.92. The number of hydrogen-bond donors (Lipinski definition) is 3. The Balaban J connectivity index is 2.15. The molecular weight excluding hydrogens is 353 g/mol. The first kappa shape index (κ1) is 18.6. The van der Waals surface area contributed by atoms with E-state index in [1.54, 1.807) is 0 Å². The number of amides is 2. The van der Waals surface area contributed by atoms with Crippen LogP contribution in [-0.4, -0.2) is 41.6 Å². The fourth-order valence-electron chi connectivity index (χ4n) is 1.92. The van der Waals surface area contributed by atoms with Gasteiger partial charge in [0.2, 0.25) is 0 Å². The van der Waals surface area contributed by atoms with Crippen LogP contribution >= 0.6 is 0 Å². The van der Waals surface area contributed by atoms with E-state index in [1.807, 2.05) is 5.32 Å². The summed E-state index contributed by atoms with van der Waals surface area (Å²) in [5, 5.41) is 13.2. The highest BCUT2D eigenvalue weighted by Crippen LogP contribution is 2.30. The molecule has 2 amide bonds. The van der Waals surface area contributed by atoms with Gasteiger partial charge in [-0.1, -0.05) is 0 Å². The molecule has 1 aromatic heterocycles. The van der Waals surface area contributed by atoms with Gasteiger partial charge >= 0.3 is 18.8 Å². The van der Waals surface area contributed by atoms with Gasteiger partial charge in [-0.25, -0.2) is 4.79 Å². The molecule has 0 aliphatic heterocycles. The number of aliphatic hydroxyl groups excluding tert-OH is 1. The number of nitrogens with zero attached hydrogens (tertiary/aromatic N) is 1. The molecule has 2 rings (SSSR count). The predicted molar refractivity (Wildman–Crippen MR) is 77.5 cm³/mol. The highest BCUT2D eigenvalue weighted by atomic mass is 19.4. The monoisotopic (exact) mass is 365 g/mol. The van der Waals surface area contributed by atoms with Crippen molar-refractivity contribution < 1.29 is 36.6 Å². The quantitative estimate of drug-likeness (QED) is 0.712. The number of pyridine rings is 1. The van der Waals surface area contributed by atoms with Crippen LogP contribution in [0.15, 0.2) is 30.5 Å². The third-order valence-electron chi connectivity index (χ3n) is 3.03. The van der Waals surface area contributed by atoms with Crippen LogP contribution in [0.3, 0.4) is 0 Å². The molecule has 25 heavy (non-hydrogen) atoms. The van der Waals surface area contributed by atoms with Gasteiger partial charge in [0.1, 0.15) is 5.52 Å². The van der Waals surface area contributed by atoms with Gasteiger partial charge in [-0.15, -0.1) is 0 Å². The first-order valence-corrected chi connectivity index (χ1v) is 6.80. The summed E-state index contributed by atoms with van der Waals surface area (Å²) in [5.41, 5.74) is 0.152. The van der Waals surface area contributed by atoms with Crippen LogP contribution in [0, 0.1) is 0 Å². The molecule has 0 fully saturated rings. The van der Waals surface area contributed by atoms with Crippen molar-refractivity contribution in [2.45, 2.75) is 18.9 Å². The highest BCUT2D eigenvalue weighted by Gasteiger charge is 2.38. The minimum Gasteiger partial charge on any atom is -0.432 e. The number of rotatable bonds is 5. The molecule has 0 aliphatic rings. The molecule has 1 atom stereocenters.